The first-order valence-electron chi connectivity index (χ1n) is 3.75. The third-order valence-corrected chi connectivity index (χ3v) is 1.70. The summed E-state index contributed by atoms with van der Waals surface area (Å²) in [5.41, 5.74) is -4.62. The van der Waals surface area contributed by atoms with Gasteiger partial charge in [0, 0.05) is 13.0 Å². The number of alkyl halides is 6. The van der Waals surface area contributed by atoms with Gasteiger partial charge in [-0.05, 0) is 0 Å². The van der Waals surface area contributed by atoms with Crippen LogP contribution in [0.3, 0.4) is 0 Å². The Morgan fingerprint density at radius 3 is 1.00 bits per heavy atom. The smallest absolute Gasteiger partial charge is 0.400 e. The van der Waals surface area contributed by atoms with Gasteiger partial charge in [0.15, 0.2) is 0 Å². The molecular formula is C7H12F6O2. The molecule has 0 radical (unpaired) electrons. The Kier molecular flexibility index (Phi) is 5.66. The van der Waals surface area contributed by atoms with Crippen LogP contribution in [0.1, 0.15) is 13.8 Å². The van der Waals surface area contributed by atoms with Crippen molar-refractivity contribution in [2.24, 2.45) is 5.92 Å². The van der Waals surface area contributed by atoms with Crippen molar-refractivity contribution in [3.63, 3.8) is 0 Å². The molecule has 0 saturated heterocycles. The number of hydrogen-bond donors (Lipinski definition) is 2. The molecule has 0 saturated carbocycles. The van der Waals surface area contributed by atoms with Crippen LogP contribution in [0.2, 0.25) is 0 Å². The quantitative estimate of drug-likeness (QED) is 0.691. The zero-order valence-corrected chi connectivity index (χ0v) is 8.24. The van der Waals surface area contributed by atoms with Crippen LogP contribution in [0, 0.1) is 5.92 Å². The average molecular weight is 242 g/mol. The number of rotatable bonds is 1. The Bertz CT molecular complexity index is 169. The van der Waals surface area contributed by atoms with Crippen LogP contribution in [-0.4, -0.2) is 35.3 Å². The van der Waals surface area contributed by atoms with Crippen molar-refractivity contribution in [3.05, 3.63) is 0 Å². The van der Waals surface area contributed by atoms with Gasteiger partial charge in [0.1, 0.15) is 0 Å². The molecule has 0 atom stereocenters. The van der Waals surface area contributed by atoms with Crippen molar-refractivity contribution in [3.8, 4) is 0 Å². The van der Waals surface area contributed by atoms with Crippen molar-refractivity contribution in [1.29, 1.82) is 0 Å². The van der Waals surface area contributed by atoms with E-state index >= 15 is 0 Å². The van der Waals surface area contributed by atoms with Crippen molar-refractivity contribution in [1.82, 2.24) is 0 Å². The summed E-state index contributed by atoms with van der Waals surface area (Å²) in [5.74, 6) is -1.98. The second-order valence-corrected chi connectivity index (χ2v) is 2.92. The first-order chi connectivity index (χ1) is 6.44. The van der Waals surface area contributed by atoms with Gasteiger partial charge in [-0.25, -0.2) is 0 Å². The molecule has 0 aromatic heterocycles. The van der Waals surface area contributed by atoms with E-state index in [1.807, 2.05) is 0 Å². The number of hydrogen-bond acceptors (Lipinski definition) is 2. The maximum absolute atomic E-state index is 11.9. The Labute approximate surface area is 82.5 Å². The predicted octanol–water partition coefficient (Wildman–Crippen LogP) is 2.11. The molecule has 15 heavy (non-hydrogen) atoms. The summed E-state index contributed by atoms with van der Waals surface area (Å²) in [6.07, 6.45) is -11.4. The van der Waals surface area contributed by atoms with Gasteiger partial charge in [-0.2, -0.15) is 26.3 Å². The molecule has 0 aliphatic carbocycles. The molecule has 94 valence electrons. The van der Waals surface area contributed by atoms with Gasteiger partial charge in [0.2, 0.25) is 0 Å². The molecule has 0 bridgehead atoms. The molecule has 0 heterocycles. The minimum absolute atomic E-state index is 0.654. The monoisotopic (exact) mass is 242 g/mol. The zero-order chi connectivity index (χ0) is 13.1. The van der Waals surface area contributed by atoms with Crippen LogP contribution in [0.15, 0.2) is 0 Å². The van der Waals surface area contributed by atoms with Gasteiger partial charge in [0.05, 0.1) is 0 Å². The summed E-state index contributed by atoms with van der Waals surface area (Å²) in [5, 5.41) is 15.5. The largest absolute Gasteiger partial charge is 0.426 e. The second-order valence-electron chi connectivity index (χ2n) is 2.92. The van der Waals surface area contributed by atoms with Crippen LogP contribution in [-0.2, 0) is 0 Å². The predicted molar refractivity (Wildman–Crippen MR) is 40.0 cm³/mol. The molecule has 2 N–H and O–H groups in total. The van der Waals surface area contributed by atoms with E-state index in [2.05, 4.69) is 0 Å². The standard InChI is InChI=1S/C6H8F6O.CH4O/c1-3(2)4(13,5(7,8)9)6(10,11)12;1-2/h3,13H,1-2H3;2H,1H3. The van der Waals surface area contributed by atoms with E-state index in [9.17, 15) is 26.3 Å². The highest BCUT2D eigenvalue weighted by Gasteiger charge is 2.71. The highest BCUT2D eigenvalue weighted by atomic mass is 19.4. The highest BCUT2D eigenvalue weighted by molar-refractivity contribution is 4.96. The van der Waals surface area contributed by atoms with Gasteiger partial charge >= 0.3 is 12.4 Å². The van der Waals surface area contributed by atoms with Crippen molar-refractivity contribution in [2.75, 3.05) is 7.11 Å². The summed E-state index contributed by atoms with van der Waals surface area (Å²) in [6.45, 7) is 1.31. The van der Waals surface area contributed by atoms with Gasteiger partial charge in [-0.1, -0.05) is 13.8 Å². The lowest BCUT2D eigenvalue weighted by atomic mass is 9.89. The fourth-order valence-corrected chi connectivity index (χ4v) is 0.815. The fourth-order valence-electron chi connectivity index (χ4n) is 0.815. The summed E-state index contributed by atoms with van der Waals surface area (Å²) >= 11 is 0. The maximum Gasteiger partial charge on any atom is 0.426 e. The lowest BCUT2D eigenvalue weighted by Gasteiger charge is -2.35. The first-order valence-corrected chi connectivity index (χ1v) is 3.75. The number of aliphatic hydroxyl groups excluding tert-OH is 1. The topological polar surface area (TPSA) is 40.5 Å². The Morgan fingerprint density at radius 2 is 1.00 bits per heavy atom. The van der Waals surface area contributed by atoms with E-state index in [4.69, 9.17) is 10.2 Å². The van der Waals surface area contributed by atoms with Gasteiger partial charge in [-0.15, -0.1) is 0 Å². The third kappa shape index (κ3) is 3.23. The molecule has 0 rings (SSSR count). The minimum Gasteiger partial charge on any atom is -0.400 e. The summed E-state index contributed by atoms with van der Waals surface area (Å²) in [7, 11) is 1.00. The van der Waals surface area contributed by atoms with E-state index < -0.39 is 23.9 Å². The lowest BCUT2D eigenvalue weighted by Crippen LogP contribution is -2.60. The summed E-state index contributed by atoms with van der Waals surface area (Å²) in [4.78, 5) is 0. The van der Waals surface area contributed by atoms with Crippen LogP contribution < -0.4 is 0 Å². The molecule has 2 nitrogen and oxygen atoms in total. The summed E-state index contributed by atoms with van der Waals surface area (Å²) < 4.78 is 71.3. The van der Waals surface area contributed by atoms with Gasteiger partial charge < -0.3 is 10.2 Å². The molecule has 0 aromatic rings. The molecule has 0 amide bonds. The summed E-state index contributed by atoms with van der Waals surface area (Å²) in [6, 6.07) is 0. The Morgan fingerprint density at radius 1 is 0.800 bits per heavy atom. The Hall–Kier alpha value is -0.500. The van der Waals surface area contributed by atoms with Gasteiger partial charge in [0.25, 0.3) is 5.60 Å². The second kappa shape index (κ2) is 5.02. The Balaban J connectivity index is 0. The molecule has 0 fully saturated rings. The first kappa shape index (κ1) is 16.9. The molecule has 0 aliphatic rings. The van der Waals surface area contributed by atoms with Crippen molar-refractivity contribution in [2.45, 2.75) is 31.8 Å². The number of aliphatic hydroxyl groups is 2. The van der Waals surface area contributed by atoms with Crippen LogP contribution in [0.4, 0.5) is 26.3 Å². The molecular weight excluding hydrogens is 230 g/mol. The molecule has 0 unspecified atom stereocenters. The van der Waals surface area contributed by atoms with Crippen molar-refractivity contribution < 1.29 is 36.6 Å². The van der Waals surface area contributed by atoms with Gasteiger partial charge in [-0.3, -0.25) is 0 Å². The van der Waals surface area contributed by atoms with Crippen LogP contribution >= 0.6 is 0 Å². The zero-order valence-electron chi connectivity index (χ0n) is 8.24. The number of halogens is 6. The van der Waals surface area contributed by atoms with E-state index in [0.29, 0.717) is 13.8 Å². The van der Waals surface area contributed by atoms with E-state index in [1.165, 1.54) is 0 Å². The van der Waals surface area contributed by atoms with E-state index in [-0.39, 0.29) is 0 Å². The van der Waals surface area contributed by atoms with E-state index in [0.717, 1.165) is 7.11 Å². The highest BCUT2D eigenvalue weighted by Crippen LogP contribution is 2.47. The van der Waals surface area contributed by atoms with Crippen LogP contribution in [0.5, 0.6) is 0 Å². The van der Waals surface area contributed by atoms with Crippen LogP contribution in [0.25, 0.3) is 0 Å². The maximum atomic E-state index is 11.9. The molecule has 0 aromatic carbocycles. The fraction of sp³-hybridized carbons (Fsp3) is 1.00. The van der Waals surface area contributed by atoms with Crippen molar-refractivity contribution >= 4 is 0 Å². The van der Waals surface area contributed by atoms with E-state index in [1.54, 1.807) is 0 Å². The third-order valence-electron chi connectivity index (χ3n) is 1.70. The lowest BCUT2D eigenvalue weighted by molar-refractivity contribution is -0.381. The average Bonchev–Trinajstić information content (AvgIpc) is 2.02. The minimum atomic E-state index is -5.71. The SMILES string of the molecule is CC(C)C(O)(C(F)(F)F)C(F)(F)F.CO. The molecule has 0 aliphatic heterocycles. The normalized spacial score (nSPS) is 13.6. The molecule has 0 spiro atoms. The molecule has 8 heteroatoms.